The highest BCUT2D eigenvalue weighted by Crippen LogP contribution is 2.30. The lowest BCUT2D eigenvalue weighted by molar-refractivity contribution is 0.0585. The Hall–Kier alpha value is -2.27. The van der Waals surface area contributed by atoms with Crippen molar-refractivity contribution in [3.05, 3.63) is 65.7 Å². The number of pyridine rings is 1. The highest BCUT2D eigenvalue weighted by Gasteiger charge is 2.37. The number of carbonyl (C=O) groups is 1. The van der Waals surface area contributed by atoms with Crippen LogP contribution in [0.15, 0.2) is 48.8 Å². The second kappa shape index (κ2) is 6.92. The van der Waals surface area contributed by atoms with Gasteiger partial charge in [0.25, 0.3) is 5.91 Å². The van der Waals surface area contributed by atoms with E-state index in [0.29, 0.717) is 11.5 Å². The Balaban J connectivity index is 1.48. The van der Waals surface area contributed by atoms with E-state index >= 15 is 0 Å². The van der Waals surface area contributed by atoms with Gasteiger partial charge in [0, 0.05) is 50.2 Å². The fourth-order valence-electron chi connectivity index (χ4n) is 4.07. The lowest BCUT2D eigenvalue weighted by Crippen LogP contribution is -2.47. The van der Waals surface area contributed by atoms with Gasteiger partial charge in [0.2, 0.25) is 0 Å². The number of fused-ring (bicyclic) bond motifs is 4. The van der Waals surface area contributed by atoms with Crippen molar-refractivity contribution >= 4 is 5.91 Å². The van der Waals surface area contributed by atoms with E-state index in [1.165, 1.54) is 18.6 Å². The van der Waals surface area contributed by atoms with E-state index in [0.717, 1.165) is 38.2 Å². The SMILES string of the molecule is O=C(c1ccncc1)N1C[C@H]2CC[C@@H]1CN(Cc1ccc(F)cc1)C2. The van der Waals surface area contributed by atoms with Crippen LogP contribution in [0.25, 0.3) is 0 Å². The number of hydrogen-bond donors (Lipinski definition) is 0. The Morgan fingerprint density at radius 1 is 1.04 bits per heavy atom. The van der Waals surface area contributed by atoms with Crippen molar-refractivity contribution in [2.75, 3.05) is 19.6 Å². The van der Waals surface area contributed by atoms with Crippen molar-refractivity contribution < 1.29 is 9.18 Å². The Morgan fingerprint density at radius 3 is 2.56 bits per heavy atom. The number of piperidine rings is 1. The predicted octanol–water partition coefficient (Wildman–Crippen LogP) is 2.96. The number of carbonyl (C=O) groups excluding carboxylic acids is 1. The maximum Gasteiger partial charge on any atom is 0.254 e. The molecule has 1 aromatic carbocycles. The van der Waals surface area contributed by atoms with Gasteiger partial charge in [0.05, 0.1) is 0 Å². The fourth-order valence-corrected chi connectivity index (χ4v) is 4.07. The first-order valence-corrected chi connectivity index (χ1v) is 8.87. The molecule has 1 amide bonds. The van der Waals surface area contributed by atoms with Gasteiger partial charge in [-0.1, -0.05) is 12.1 Å². The van der Waals surface area contributed by atoms with Crippen LogP contribution in [0.3, 0.4) is 0 Å². The Bertz CT molecular complexity index is 734. The van der Waals surface area contributed by atoms with Gasteiger partial charge in [-0.15, -0.1) is 0 Å². The minimum atomic E-state index is -0.200. The first-order chi connectivity index (χ1) is 12.2. The van der Waals surface area contributed by atoms with Crippen LogP contribution in [0.1, 0.15) is 28.8 Å². The summed E-state index contributed by atoms with van der Waals surface area (Å²) < 4.78 is 13.1. The summed E-state index contributed by atoms with van der Waals surface area (Å²) >= 11 is 0. The highest BCUT2D eigenvalue weighted by molar-refractivity contribution is 5.94. The van der Waals surface area contributed by atoms with Gasteiger partial charge in [-0.25, -0.2) is 4.39 Å². The molecule has 1 aromatic heterocycles. The molecule has 3 aliphatic heterocycles. The van der Waals surface area contributed by atoms with E-state index in [9.17, 15) is 9.18 Å². The zero-order valence-corrected chi connectivity index (χ0v) is 14.1. The molecule has 0 N–H and O–H groups in total. The Kier molecular flexibility index (Phi) is 4.49. The molecule has 2 atom stereocenters. The summed E-state index contributed by atoms with van der Waals surface area (Å²) in [4.78, 5) is 21.3. The van der Waals surface area contributed by atoms with E-state index in [2.05, 4.69) is 9.88 Å². The molecule has 3 fully saturated rings. The molecular weight excluding hydrogens is 317 g/mol. The lowest BCUT2D eigenvalue weighted by Gasteiger charge is -2.36. The zero-order chi connectivity index (χ0) is 17.2. The van der Waals surface area contributed by atoms with Crippen LogP contribution in [0.2, 0.25) is 0 Å². The summed E-state index contributed by atoms with van der Waals surface area (Å²) in [7, 11) is 0. The van der Waals surface area contributed by atoms with Crippen LogP contribution < -0.4 is 0 Å². The molecular formula is C20H22FN3O. The summed E-state index contributed by atoms with van der Waals surface area (Å²) in [6, 6.07) is 10.6. The molecule has 130 valence electrons. The fraction of sp³-hybridized carbons (Fsp3) is 0.400. The quantitative estimate of drug-likeness (QED) is 0.863. The molecule has 3 saturated heterocycles. The molecule has 5 rings (SSSR count). The first kappa shape index (κ1) is 16.2. The van der Waals surface area contributed by atoms with Crippen LogP contribution in [0.5, 0.6) is 0 Å². The molecule has 25 heavy (non-hydrogen) atoms. The summed E-state index contributed by atoms with van der Waals surface area (Å²) in [5.41, 5.74) is 1.84. The molecule has 0 aliphatic carbocycles. The van der Waals surface area contributed by atoms with Crippen LogP contribution in [-0.2, 0) is 6.54 Å². The molecule has 2 bridgehead atoms. The van der Waals surface area contributed by atoms with Gasteiger partial charge in [-0.2, -0.15) is 0 Å². The number of halogens is 1. The third-order valence-electron chi connectivity index (χ3n) is 5.30. The lowest BCUT2D eigenvalue weighted by atomic mass is 9.94. The van der Waals surface area contributed by atoms with Crippen LogP contribution in [0.4, 0.5) is 4.39 Å². The summed E-state index contributed by atoms with van der Waals surface area (Å²) in [5, 5.41) is 0. The largest absolute Gasteiger partial charge is 0.334 e. The second-order valence-corrected chi connectivity index (χ2v) is 7.11. The van der Waals surface area contributed by atoms with Crippen LogP contribution >= 0.6 is 0 Å². The van der Waals surface area contributed by atoms with Gasteiger partial charge < -0.3 is 4.90 Å². The molecule has 4 heterocycles. The monoisotopic (exact) mass is 339 g/mol. The smallest absolute Gasteiger partial charge is 0.254 e. The molecule has 0 spiro atoms. The standard InChI is InChI=1S/C20H22FN3O/c21-18-4-1-15(2-5-18)11-23-12-16-3-6-19(14-23)24(13-16)20(25)17-7-9-22-10-8-17/h1-2,4-5,7-10,16,19H,3,6,11-14H2/t16-,19+/m0/s1. The summed E-state index contributed by atoms with van der Waals surface area (Å²) in [5.74, 6) is 0.416. The zero-order valence-electron chi connectivity index (χ0n) is 14.1. The van der Waals surface area contributed by atoms with Gasteiger partial charge in [-0.05, 0) is 48.6 Å². The van der Waals surface area contributed by atoms with Crippen molar-refractivity contribution in [3.63, 3.8) is 0 Å². The van der Waals surface area contributed by atoms with E-state index < -0.39 is 0 Å². The third kappa shape index (κ3) is 3.56. The van der Waals surface area contributed by atoms with Crippen molar-refractivity contribution in [1.29, 1.82) is 0 Å². The molecule has 0 radical (unpaired) electrons. The first-order valence-electron chi connectivity index (χ1n) is 8.87. The van der Waals surface area contributed by atoms with Crippen LogP contribution in [-0.4, -0.2) is 46.4 Å². The van der Waals surface area contributed by atoms with E-state index in [4.69, 9.17) is 0 Å². The molecule has 3 aliphatic rings. The van der Waals surface area contributed by atoms with Gasteiger partial charge >= 0.3 is 0 Å². The van der Waals surface area contributed by atoms with E-state index in [1.807, 2.05) is 17.0 Å². The number of rotatable bonds is 3. The van der Waals surface area contributed by atoms with E-state index in [-0.39, 0.29) is 17.8 Å². The average Bonchev–Trinajstić information content (AvgIpc) is 2.94. The summed E-state index contributed by atoms with van der Waals surface area (Å²) in [6.07, 6.45) is 5.57. The van der Waals surface area contributed by atoms with Crippen LogP contribution in [0, 0.1) is 11.7 Å². The number of benzene rings is 1. The van der Waals surface area contributed by atoms with Crippen molar-refractivity contribution in [2.24, 2.45) is 5.92 Å². The molecule has 4 nitrogen and oxygen atoms in total. The van der Waals surface area contributed by atoms with Crippen molar-refractivity contribution in [1.82, 2.24) is 14.8 Å². The van der Waals surface area contributed by atoms with Gasteiger partial charge in [-0.3, -0.25) is 14.7 Å². The molecule has 5 heteroatoms. The second-order valence-electron chi connectivity index (χ2n) is 7.11. The Labute approximate surface area is 147 Å². The number of nitrogens with zero attached hydrogens (tertiary/aromatic N) is 3. The van der Waals surface area contributed by atoms with Gasteiger partial charge in [0.1, 0.15) is 5.82 Å². The molecule has 0 unspecified atom stereocenters. The minimum absolute atomic E-state index is 0.112. The maximum atomic E-state index is 13.1. The normalized spacial score (nSPS) is 23.5. The third-order valence-corrected chi connectivity index (χ3v) is 5.30. The van der Waals surface area contributed by atoms with E-state index in [1.54, 1.807) is 24.5 Å². The number of amides is 1. The number of aromatic nitrogens is 1. The summed E-state index contributed by atoms with van der Waals surface area (Å²) in [6.45, 7) is 3.51. The topological polar surface area (TPSA) is 36.4 Å². The highest BCUT2D eigenvalue weighted by atomic mass is 19.1. The number of hydrogen-bond acceptors (Lipinski definition) is 3. The Morgan fingerprint density at radius 2 is 1.80 bits per heavy atom. The average molecular weight is 339 g/mol. The van der Waals surface area contributed by atoms with Crippen molar-refractivity contribution in [3.8, 4) is 0 Å². The maximum absolute atomic E-state index is 13.1. The van der Waals surface area contributed by atoms with Gasteiger partial charge in [0.15, 0.2) is 0 Å². The molecule has 2 aromatic rings. The molecule has 0 saturated carbocycles. The van der Waals surface area contributed by atoms with Crippen molar-refractivity contribution in [2.45, 2.75) is 25.4 Å². The predicted molar refractivity (Wildman–Crippen MR) is 93.5 cm³/mol. The minimum Gasteiger partial charge on any atom is -0.334 e.